The van der Waals surface area contributed by atoms with E-state index in [9.17, 15) is 4.79 Å². The SMILES string of the molecule is Cc1[nH]c2ccccc2c1C(C)(C)CNC(=O)c1cccs1. The number of H-pyrrole nitrogens is 1. The lowest BCUT2D eigenvalue weighted by Gasteiger charge is -2.26. The van der Waals surface area contributed by atoms with Crippen LogP contribution in [0, 0.1) is 6.92 Å². The van der Waals surface area contributed by atoms with Gasteiger partial charge in [0.1, 0.15) is 0 Å². The van der Waals surface area contributed by atoms with Crippen molar-refractivity contribution >= 4 is 28.1 Å². The van der Waals surface area contributed by atoms with Crippen molar-refractivity contribution in [2.75, 3.05) is 6.54 Å². The van der Waals surface area contributed by atoms with Crippen LogP contribution in [0.5, 0.6) is 0 Å². The number of fused-ring (bicyclic) bond motifs is 1. The molecule has 2 N–H and O–H groups in total. The Morgan fingerprint density at radius 1 is 1.23 bits per heavy atom. The molecule has 0 aliphatic heterocycles. The van der Waals surface area contributed by atoms with Crippen molar-refractivity contribution in [3.05, 3.63) is 57.9 Å². The molecule has 2 heterocycles. The summed E-state index contributed by atoms with van der Waals surface area (Å²) in [4.78, 5) is 16.4. The second-order valence-corrected chi connectivity index (χ2v) is 7.16. The predicted octanol–water partition coefficient (Wildman–Crippen LogP) is 4.25. The number of amides is 1. The fourth-order valence-electron chi connectivity index (χ4n) is 3.03. The number of aryl methyl sites for hydroxylation is 1. The molecule has 0 spiro atoms. The highest BCUT2D eigenvalue weighted by Gasteiger charge is 2.27. The summed E-state index contributed by atoms with van der Waals surface area (Å²) in [6, 6.07) is 12.1. The first kappa shape index (κ1) is 14.9. The largest absolute Gasteiger partial charge is 0.358 e. The number of benzene rings is 1. The van der Waals surface area contributed by atoms with E-state index in [2.05, 4.69) is 49.3 Å². The molecule has 0 saturated carbocycles. The van der Waals surface area contributed by atoms with E-state index >= 15 is 0 Å². The molecule has 0 aliphatic carbocycles. The molecule has 0 bridgehead atoms. The number of hydrogen-bond acceptors (Lipinski definition) is 2. The van der Waals surface area contributed by atoms with Crippen LogP contribution in [0.2, 0.25) is 0 Å². The lowest BCUT2D eigenvalue weighted by Crippen LogP contribution is -2.36. The highest BCUT2D eigenvalue weighted by atomic mass is 32.1. The summed E-state index contributed by atoms with van der Waals surface area (Å²) in [7, 11) is 0. The second kappa shape index (κ2) is 5.61. The standard InChI is InChI=1S/C18H20N2OS/c1-12-16(13-7-4-5-8-14(13)20-12)18(2,3)11-19-17(21)15-9-6-10-22-15/h4-10,20H,11H2,1-3H3,(H,19,21). The van der Waals surface area contributed by atoms with Crippen LogP contribution in [0.4, 0.5) is 0 Å². The third-order valence-corrected chi connectivity index (χ3v) is 4.87. The van der Waals surface area contributed by atoms with Crippen LogP contribution < -0.4 is 5.32 Å². The number of aromatic amines is 1. The average Bonchev–Trinajstić information content (AvgIpc) is 3.11. The Kier molecular flexibility index (Phi) is 3.79. The van der Waals surface area contributed by atoms with Gasteiger partial charge >= 0.3 is 0 Å². The van der Waals surface area contributed by atoms with E-state index in [4.69, 9.17) is 0 Å². The fraction of sp³-hybridized carbons (Fsp3) is 0.278. The van der Waals surface area contributed by atoms with Gasteiger partial charge in [-0.25, -0.2) is 0 Å². The van der Waals surface area contributed by atoms with Crippen LogP contribution in [-0.4, -0.2) is 17.4 Å². The first-order chi connectivity index (χ1) is 10.5. The molecule has 3 aromatic rings. The number of aromatic nitrogens is 1. The number of rotatable bonds is 4. The molecular weight excluding hydrogens is 292 g/mol. The summed E-state index contributed by atoms with van der Waals surface area (Å²) in [5.41, 5.74) is 3.44. The van der Waals surface area contributed by atoms with E-state index in [0.29, 0.717) is 6.54 Å². The van der Waals surface area contributed by atoms with Crippen molar-refractivity contribution in [3.63, 3.8) is 0 Å². The molecule has 114 valence electrons. The summed E-state index contributed by atoms with van der Waals surface area (Å²) in [5, 5.41) is 6.22. The topological polar surface area (TPSA) is 44.9 Å². The van der Waals surface area contributed by atoms with Crippen LogP contribution in [0.3, 0.4) is 0 Å². The van der Waals surface area contributed by atoms with E-state index in [1.54, 1.807) is 0 Å². The zero-order chi connectivity index (χ0) is 15.7. The van der Waals surface area contributed by atoms with Crippen LogP contribution in [0.1, 0.15) is 34.8 Å². The Morgan fingerprint density at radius 2 is 2.00 bits per heavy atom. The molecule has 22 heavy (non-hydrogen) atoms. The number of hydrogen-bond donors (Lipinski definition) is 2. The molecule has 1 amide bonds. The van der Waals surface area contributed by atoms with Gasteiger partial charge in [0.05, 0.1) is 4.88 Å². The van der Waals surface area contributed by atoms with E-state index in [0.717, 1.165) is 16.1 Å². The van der Waals surface area contributed by atoms with Crippen LogP contribution in [-0.2, 0) is 5.41 Å². The summed E-state index contributed by atoms with van der Waals surface area (Å²) in [6.07, 6.45) is 0. The minimum absolute atomic E-state index is 0.000527. The maximum atomic E-state index is 12.2. The van der Waals surface area contributed by atoms with Crippen molar-refractivity contribution in [3.8, 4) is 0 Å². The summed E-state index contributed by atoms with van der Waals surface area (Å²) < 4.78 is 0. The molecule has 1 aromatic carbocycles. The van der Waals surface area contributed by atoms with Crippen molar-refractivity contribution in [2.45, 2.75) is 26.2 Å². The smallest absolute Gasteiger partial charge is 0.261 e. The van der Waals surface area contributed by atoms with Crippen molar-refractivity contribution in [1.82, 2.24) is 10.3 Å². The normalized spacial score (nSPS) is 11.8. The number of para-hydroxylation sites is 1. The Morgan fingerprint density at radius 3 is 2.73 bits per heavy atom. The zero-order valence-corrected chi connectivity index (χ0v) is 13.9. The van der Waals surface area contributed by atoms with Gasteiger partial charge in [-0.3, -0.25) is 4.79 Å². The third kappa shape index (κ3) is 2.66. The minimum atomic E-state index is -0.142. The maximum Gasteiger partial charge on any atom is 0.261 e. The molecule has 0 fully saturated rings. The Labute approximate surface area is 134 Å². The van der Waals surface area contributed by atoms with Gasteiger partial charge in [0.2, 0.25) is 0 Å². The number of carbonyl (C=O) groups is 1. The molecule has 0 saturated heterocycles. The predicted molar refractivity (Wildman–Crippen MR) is 92.7 cm³/mol. The fourth-order valence-corrected chi connectivity index (χ4v) is 3.67. The molecule has 3 rings (SSSR count). The maximum absolute atomic E-state index is 12.2. The highest BCUT2D eigenvalue weighted by Crippen LogP contribution is 2.33. The summed E-state index contributed by atoms with van der Waals surface area (Å²) >= 11 is 1.47. The highest BCUT2D eigenvalue weighted by molar-refractivity contribution is 7.12. The molecule has 0 unspecified atom stereocenters. The Bertz CT molecular complexity index is 800. The van der Waals surface area contributed by atoms with Gasteiger partial charge in [-0.1, -0.05) is 38.1 Å². The number of carbonyl (C=O) groups excluding carboxylic acids is 1. The minimum Gasteiger partial charge on any atom is -0.358 e. The summed E-state index contributed by atoms with van der Waals surface area (Å²) in [6.45, 7) is 7.04. The molecule has 0 radical (unpaired) electrons. The number of nitrogens with one attached hydrogen (secondary N) is 2. The van der Waals surface area contributed by atoms with Crippen molar-refractivity contribution in [1.29, 1.82) is 0 Å². The van der Waals surface area contributed by atoms with Gasteiger partial charge in [-0.05, 0) is 30.0 Å². The monoisotopic (exact) mass is 312 g/mol. The first-order valence-corrected chi connectivity index (χ1v) is 8.26. The molecule has 2 aromatic heterocycles. The third-order valence-electron chi connectivity index (χ3n) is 4.01. The lowest BCUT2D eigenvalue weighted by atomic mass is 9.82. The van der Waals surface area contributed by atoms with Gasteiger partial charge < -0.3 is 10.3 Å². The summed E-state index contributed by atoms with van der Waals surface area (Å²) in [5.74, 6) is 0.000527. The van der Waals surface area contributed by atoms with Crippen molar-refractivity contribution in [2.24, 2.45) is 0 Å². The van der Waals surface area contributed by atoms with Crippen LogP contribution >= 0.6 is 11.3 Å². The lowest BCUT2D eigenvalue weighted by molar-refractivity contribution is 0.0950. The van der Waals surface area contributed by atoms with Crippen LogP contribution in [0.25, 0.3) is 10.9 Å². The van der Waals surface area contributed by atoms with E-state index < -0.39 is 0 Å². The molecular formula is C18H20N2OS. The van der Waals surface area contributed by atoms with Gasteiger partial charge in [0.15, 0.2) is 0 Å². The van der Waals surface area contributed by atoms with E-state index in [-0.39, 0.29) is 11.3 Å². The molecule has 0 aliphatic rings. The number of thiophene rings is 1. The Balaban J connectivity index is 1.85. The van der Waals surface area contributed by atoms with Gasteiger partial charge in [-0.2, -0.15) is 0 Å². The van der Waals surface area contributed by atoms with Gasteiger partial charge in [0, 0.05) is 28.6 Å². The Hall–Kier alpha value is -2.07. The van der Waals surface area contributed by atoms with E-state index in [1.165, 1.54) is 22.3 Å². The van der Waals surface area contributed by atoms with E-state index in [1.807, 2.05) is 23.6 Å². The second-order valence-electron chi connectivity index (χ2n) is 6.21. The molecule has 4 heteroatoms. The quantitative estimate of drug-likeness (QED) is 0.743. The van der Waals surface area contributed by atoms with Gasteiger partial charge in [-0.15, -0.1) is 11.3 Å². The average molecular weight is 312 g/mol. The van der Waals surface area contributed by atoms with Crippen LogP contribution in [0.15, 0.2) is 41.8 Å². The molecule has 3 nitrogen and oxygen atoms in total. The first-order valence-electron chi connectivity index (χ1n) is 7.38. The van der Waals surface area contributed by atoms with Gasteiger partial charge in [0.25, 0.3) is 5.91 Å². The van der Waals surface area contributed by atoms with Crippen molar-refractivity contribution < 1.29 is 4.79 Å². The zero-order valence-electron chi connectivity index (χ0n) is 13.1. The molecule has 0 atom stereocenters.